The largest absolute Gasteiger partial charge is 0.481 e. The van der Waals surface area contributed by atoms with Crippen LogP contribution in [0, 0.1) is 5.92 Å². The van der Waals surface area contributed by atoms with E-state index < -0.39 is 11.9 Å². The van der Waals surface area contributed by atoms with Gasteiger partial charge in [0.15, 0.2) is 11.5 Å². The Labute approximate surface area is 97.2 Å². The number of carbonyl (C=O) groups is 2. The third kappa shape index (κ3) is 2.49. The van der Waals surface area contributed by atoms with E-state index >= 15 is 0 Å². The van der Waals surface area contributed by atoms with E-state index in [1.807, 2.05) is 4.90 Å². The van der Waals surface area contributed by atoms with Crippen molar-refractivity contribution in [2.45, 2.75) is 6.42 Å². The summed E-state index contributed by atoms with van der Waals surface area (Å²) in [6.07, 6.45) is 0.170. The molecule has 0 aliphatic carbocycles. The Balaban J connectivity index is 1.93. The van der Waals surface area contributed by atoms with Crippen LogP contribution in [0.3, 0.4) is 0 Å². The minimum absolute atomic E-state index is 0.122. The third-order valence-electron chi connectivity index (χ3n) is 2.65. The number of aromatic nitrogens is 2. The standard InChI is InChI=1S/C10H12N4O3/c11-10(17)7-1-2-8(13-12-7)14-4-6(5-14)3-9(15)16/h1-2,6H,3-5H2,(H2,11,17)(H,15,16). The van der Waals surface area contributed by atoms with Crippen molar-refractivity contribution in [1.29, 1.82) is 0 Å². The predicted molar refractivity (Wildman–Crippen MR) is 58.5 cm³/mol. The molecule has 1 fully saturated rings. The van der Waals surface area contributed by atoms with Gasteiger partial charge in [-0.2, -0.15) is 0 Å². The van der Waals surface area contributed by atoms with E-state index in [9.17, 15) is 9.59 Å². The molecule has 3 N–H and O–H groups in total. The van der Waals surface area contributed by atoms with Crippen LogP contribution in [-0.2, 0) is 4.79 Å². The number of nitrogens with two attached hydrogens (primary N) is 1. The number of anilines is 1. The van der Waals surface area contributed by atoms with Gasteiger partial charge in [0.25, 0.3) is 5.91 Å². The number of amides is 1. The van der Waals surface area contributed by atoms with Crippen LogP contribution >= 0.6 is 0 Å². The van der Waals surface area contributed by atoms with Gasteiger partial charge in [-0.15, -0.1) is 10.2 Å². The summed E-state index contributed by atoms with van der Waals surface area (Å²) in [6.45, 7) is 1.30. The normalized spacial score (nSPS) is 15.4. The van der Waals surface area contributed by atoms with Crippen molar-refractivity contribution >= 4 is 17.7 Å². The lowest BCUT2D eigenvalue weighted by molar-refractivity contribution is -0.138. The second-order valence-corrected chi connectivity index (χ2v) is 4.01. The molecule has 0 spiro atoms. The van der Waals surface area contributed by atoms with Crippen molar-refractivity contribution < 1.29 is 14.7 Å². The van der Waals surface area contributed by atoms with Gasteiger partial charge in [-0.3, -0.25) is 9.59 Å². The Morgan fingerprint density at radius 1 is 1.41 bits per heavy atom. The summed E-state index contributed by atoms with van der Waals surface area (Å²) in [4.78, 5) is 23.2. The summed E-state index contributed by atoms with van der Waals surface area (Å²) in [5.41, 5.74) is 5.16. The molecule has 0 aromatic carbocycles. The van der Waals surface area contributed by atoms with Crippen LogP contribution in [0.1, 0.15) is 16.9 Å². The lowest BCUT2D eigenvalue weighted by atomic mass is 9.96. The number of carbonyl (C=O) groups excluding carboxylic acids is 1. The Morgan fingerprint density at radius 3 is 2.59 bits per heavy atom. The number of primary amides is 1. The van der Waals surface area contributed by atoms with E-state index in [4.69, 9.17) is 10.8 Å². The molecule has 17 heavy (non-hydrogen) atoms. The maximum absolute atomic E-state index is 10.8. The quantitative estimate of drug-likeness (QED) is 0.728. The SMILES string of the molecule is NC(=O)c1ccc(N2CC(CC(=O)O)C2)nn1. The van der Waals surface area contributed by atoms with Gasteiger partial charge in [0, 0.05) is 19.0 Å². The highest BCUT2D eigenvalue weighted by molar-refractivity contribution is 5.90. The zero-order valence-corrected chi connectivity index (χ0v) is 9.04. The number of nitrogens with zero attached hydrogens (tertiary/aromatic N) is 3. The van der Waals surface area contributed by atoms with Gasteiger partial charge < -0.3 is 15.7 Å². The number of rotatable bonds is 4. The fraction of sp³-hybridized carbons (Fsp3) is 0.400. The number of carboxylic acids is 1. The molecule has 1 aliphatic heterocycles. The highest BCUT2D eigenvalue weighted by atomic mass is 16.4. The first-order chi connectivity index (χ1) is 8.06. The van der Waals surface area contributed by atoms with Crippen molar-refractivity contribution in [1.82, 2.24) is 10.2 Å². The van der Waals surface area contributed by atoms with Crippen LogP contribution in [-0.4, -0.2) is 40.3 Å². The Hall–Kier alpha value is -2.18. The van der Waals surface area contributed by atoms with E-state index in [2.05, 4.69) is 10.2 Å². The monoisotopic (exact) mass is 236 g/mol. The molecular formula is C10H12N4O3. The van der Waals surface area contributed by atoms with Crippen LogP contribution in [0.25, 0.3) is 0 Å². The second-order valence-electron chi connectivity index (χ2n) is 4.01. The van der Waals surface area contributed by atoms with Crippen molar-refractivity contribution in [2.24, 2.45) is 11.7 Å². The predicted octanol–water partition coefficient (Wildman–Crippen LogP) is -0.514. The molecule has 0 unspecified atom stereocenters. The summed E-state index contributed by atoms with van der Waals surface area (Å²) in [5.74, 6) is -0.608. The summed E-state index contributed by atoms with van der Waals surface area (Å²) in [6, 6.07) is 3.17. The molecule has 1 aliphatic rings. The van der Waals surface area contributed by atoms with Gasteiger partial charge in [0.2, 0.25) is 0 Å². The summed E-state index contributed by atoms with van der Waals surface area (Å²) >= 11 is 0. The minimum Gasteiger partial charge on any atom is -0.481 e. The van der Waals surface area contributed by atoms with Crippen LogP contribution in [0.5, 0.6) is 0 Å². The molecule has 1 amide bonds. The molecule has 2 rings (SSSR count). The molecule has 90 valence electrons. The first-order valence-electron chi connectivity index (χ1n) is 5.16. The van der Waals surface area contributed by atoms with Gasteiger partial charge in [0.05, 0.1) is 6.42 Å². The molecule has 7 heteroatoms. The number of aliphatic carboxylic acids is 1. The van der Waals surface area contributed by atoms with Crippen molar-refractivity contribution in [3.8, 4) is 0 Å². The molecule has 0 saturated carbocycles. The lowest BCUT2D eigenvalue weighted by Gasteiger charge is -2.39. The Kier molecular flexibility index (Phi) is 2.90. The highest BCUT2D eigenvalue weighted by Crippen LogP contribution is 2.24. The molecule has 0 radical (unpaired) electrons. The van der Waals surface area contributed by atoms with Crippen molar-refractivity contribution in [3.63, 3.8) is 0 Å². The summed E-state index contributed by atoms with van der Waals surface area (Å²) in [5, 5.41) is 16.2. The Bertz CT molecular complexity index is 439. The van der Waals surface area contributed by atoms with Crippen LogP contribution < -0.4 is 10.6 Å². The van der Waals surface area contributed by atoms with Gasteiger partial charge in [-0.1, -0.05) is 0 Å². The molecule has 0 bridgehead atoms. The van der Waals surface area contributed by atoms with Crippen LogP contribution in [0.15, 0.2) is 12.1 Å². The van der Waals surface area contributed by atoms with E-state index in [1.165, 1.54) is 6.07 Å². The number of hydrogen-bond donors (Lipinski definition) is 2. The molecule has 0 atom stereocenters. The van der Waals surface area contributed by atoms with E-state index in [1.54, 1.807) is 6.07 Å². The van der Waals surface area contributed by atoms with E-state index in [-0.39, 0.29) is 18.0 Å². The first-order valence-corrected chi connectivity index (χ1v) is 5.16. The van der Waals surface area contributed by atoms with Crippen LogP contribution in [0.4, 0.5) is 5.82 Å². The van der Waals surface area contributed by atoms with Gasteiger partial charge in [0.1, 0.15) is 0 Å². The van der Waals surface area contributed by atoms with Gasteiger partial charge >= 0.3 is 5.97 Å². The topological polar surface area (TPSA) is 109 Å². The molecule has 1 aromatic heterocycles. The lowest BCUT2D eigenvalue weighted by Crippen LogP contribution is -2.48. The molecule has 1 saturated heterocycles. The van der Waals surface area contributed by atoms with Gasteiger partial charge in [-0.25, -0.2) is 0 Å². The van der Waals surface area contributed by atoms with E-state index in [0.29, 0.717) is 18.9 Å². The zero-order valence-electron chi connectivity index (χ0n) is 9.04. The van der Waals surface area contributed by atoms with Crippen LogP contribution in [0.2, 0.25) is 0 Å². The molecule has 7 nitrogen and oxygen atoms in total. The average molecular weight is 236 g/mol. The Morgan fingerprint density at radius 2 is 2.12 bits per heavy atom. The van der Waals surface area contributed by atoms with Gasteiger partial charge in [-0.05, 0) is 12.1 Å². The molecule has 2 heterocycles. The van der Waals surface area contributed by atoms with Crippen molar-refractivity contribution in [2.75, 3.05) is 18.0 Å². The smallest absolute Gasteiger partial charge is 0.303 e. The second kappa shape index (κ2) is 4.36. The molecular weight excluding hydrogens is 224 g/mol. The first kappa shape index (κ1) is 11.3. The maximum Gasteiger partial charge on any atom is 0.303 e. The zero-order chi connectivity index (χ0) is 12.4. The van der Waals surface area contributed by atoms with E-state index in [0.717, 1.165) is 0 Å². The number of hydrogen-bond acceptors (Lipinski definition) is 5. The third-order valence-corrected chi connectivity index (χ3v) is 2.65. The average Bonchev–Trinajstić information content (AvgIpc) is 2.23. The maximum atomic E-state index is 10.8. The van der Waals surface area contributed by atoms with Crippen molar-refractivity contribution in [3.05, 3.63) is 17.8 Å². The minimum atomic E-state index is -0.787. The summed E-state index contributed by atoms with van der Waals surface area (Å²) < 4.78 is 0. The molecule has 1 aromatic rings. The number of carboxylic acid groups (broad SMARTS) is 1. The highest BCUT2D eigenvalue weighted by Gasteiger charge is 2.29. The fourth-order valence-electron chi connectivity index (χ4n) is 1.76. The fourth-order valence-corrected chi connectivity index (χ4v) is 1.76. The summed E-state index contributed by atoms with van der Waals surface area (Å²) in [7, 11) is 0.